The summed E-state index contributed by atoms with van der Waals surface area (Å²) in [6, 6.07) is 18.2. The van der Waals surface area contributed by atoms with E-state index >= 15 is 0 Å². The molecule has 4 rings (SSSR count). The van der Waals surface area contributed by atoms with Crippen LogP contribution in [-0.4, -0.2) is 31.1 Å². The summed E-state index contributed by atoms with van der Waals surface area (Å²) in [5.41, 5.74) is 3.12. The largest absolute Gasteiger partial charge is 0.493 e. The number of sulfonamides is 1. The first-order valence-corrected chi connectivity index (χ1v) is 13.7. The number of carbonyl (C=O) groups is 1. The van der Waals surface area contributed by atoms with Crippen LogP contribution in [0, 0.1) is 6.92 Å². The van der Waals surface area contributed by atoms with E-state index in [0.29, 0.717) is 30.2 Å². The summed E-state index contributed by atoms with van der Waals surface area (Å²) >= 11 is 1.13. The number of oxazole rings is 1. The minimum Gasteiger partial charge on any atom is -0.493 e. The van der Waals surface area contributed by atoms with Crippen molar-refractivity contribution in [2.75, 3.05) is 6.61 Å². The number of aliphatic carboxylic acids is 1. The van der Waals surface area contributed by atoms with E-state index < -0.39 is 16.0 Å². The number of ether oxygens (including phenoxy) is 1. The molecule has 0 aliphatic heterocycles. The van der Waals surface area contributed by atoms with E-state index in [1.165, 1.54) is 6.07 Å². The zero-order valence-electron chi connectivity index (χ0n) is 19.6. The number of hydrogen-bond donors (Lipinski definition) is 2. The van der Waals surface area contributed by atoms with Crippen LogP contribution >= 0.6 is 11.3 Å². The van der Waals surface area contributed by atoms with Gasteiger partial charge in [0, 0.05) is 24.9 Å². The first-order valence-electron chi connectivity index (χ1n) is 11.3. The zero-order chi connectivity index (χ0) is 25.5. The van der Waals surface area contributed by atoms with E-state index in [1.54, 1.807) is 29.6 Å². The molecule has 0 saturated carbocycles. The smallest absolute Gasteiger partial charge is 0.303 e. The maximum atomic E-state index is 12.6. The number of rotatable bonds is 12. The molecule has 2 aromatic heterocycles. The van der Waals surface area contributed by atoms with Crippen molar-refractivity contribution in [2.24, 2.45) is 0 Å². The van der Waals surface area contributed by atoms with Gasteiger partial charge in [-0.15, -0.1) is 11.3 Å². The van der Waals surface area contributed by atoms with Gasteiger partial charge in [0.1, 0.15) is 15.7 Å². The molecule has 0 bridgehead atoms. The van der Waals surface area contributed by atoms with Crippen molar-refractivity contribution in [1.29, 1.82) is 0 Å². The molecule has 10 heteroatoms. The Kier molecular flexibility index (Phi) is 8.19. The fourth-order valence-corrected chi connectivity index (χ4v) is 5.68. The number of nitrogens with zero attached hydrogens (tertiary/aromatic N) is 1. The van der Waals surface area contributed by atoms with Crippen LogP contribution in [0.5, 0.6) is 5.75 Å². The van der Waals surface area contributed by atoms with Gasteiger partial charge in [-0.3, -0.25) is 4.79 Å². The lowest BCUT2D eigenvalue weighted by Crippen LogP contribution is -2.23. The molecule has 0 aliphatic carbocycles. The first kappa shape index (κ1) is 25.6. The highest BCUT2D eigenvalue weighted by molar-refractivity contribution is 7.91. The average Bonchev–Trinajstić information content (AvgIpc) is 3.54. The summed E-state index contributed by atoms with van der Waals surface area (Å²) in [5.74, 6) is 0.929. The normalized spacial score (nSPS) is 11.5. The van der Waals surface area contributed by atoms with E-state index in [4.69, 9.17) is 14.3 Å². The Morgan fingerprint density at radius 2 is 1.89 bits per heavy atom. The standard InChI is InChI=1S/C26H26N2O6S2/c1-18-23(28-26(34-18)20-6-3-2-4-7-20)13-14-33-22-11-9-19(10-12-24(29)30)21(16-22)17-27-36(31,32)25-8-5-15-35-25/h2-9,11,15-16,27H,10,12-14,17H2,1H3,(H,29,30). The highest BCUT2D eigenvalue weighted by atomic mass is 32.2. The van der Waals surface area contributed by atoms with Crippen molar-refractivity contribution in [3.05, 3.63) is 88.6 Å². The van der Waals surface area contributed by atoms with Gasteiger partial charge in [0.15, 0.2) is 0 Å². The second kappa shape index (κ2) is 11.5. The molecule has 36 heavy (non-hydrogen) atoms. The highest BCUT2D eigenvalue weighted by Crippen LogP contribution is 2.24. The van der Waals surface area contributed by atoms with Gasteiger partial charge in [-0.05, 0) is 60.2 Å². The van der Waals surface area contributed by atoms with Crippen LogP contribution in [0.2, 0.25) is 0 Å². The summed E-state index contributed by atoms with van der Waals surface area (Å²) in [5, 5.41) is 10.8. The van der Waals surface area contributed by atoms with Gasteiger partial charge >= 0.3 is 5.97 Å². The maximum Gasteiger partial charge on any atom is 0.303 e. The molecule has 2 heterocycles. The maximum absolute atomic E-state index is 12.6. The summed E-state index contributed by atoms with van der Waals surface area (Å²) in [6.07, 6.45) is 0.759. The van der Waals surface area contributed by atoms with Crippen LogP contribution in [0.3, 0.4) is 0 Å². The van der Waals surface area contributed by atoms with E-state index in [2.05, 4.69) is 9.71 Å². The topological polar surface area (TPSA) is 119 Å². The Labute approximate surface area is 213 Å². The fraction of sp³-hybridized carbons (Fsp3) is 0.231. The minimum atomic E-state index is -3.66. The van der Waals surface area contributed by atoms with Gasteiger partial charge in [0.25, 0.3) is 0 Å². The molecule has 0 unspecified atom stereocenters. The third-order valence-corrected chi connectivity index (χ3v) is 8.32. The third-order valence-electron chi connectivity index (χ3n) is 5.52. The lowest BCUT2D eigenvalue weighted by atomic mass is 10.0. The van der Waals surface area contributed by atoms with E-state index in [0.717, 1.165) is 33.9 Å². The SMILES string of the molecule is Cc1oc(-c2ccccc2)nc1CCOc1ccc(CCC(=O)O)c(CNS(=O)(=O)c2cccs2)c1. The molecule has 0 amide bonds. The highest BCUT2D eigenvalue weighted by Gasteiger charge is 2.17. The predicted molar refractivity (Wildman–Crippen MR) is 137 cm³/mol. The Bertz CT molecular complexity index is 1410. The van der Waals surface area contributed by atoms with Crippen molar-refractivity contribution in [3.8, 4) is 17.2 Å². The van der Waals surface area contributed by atoms with Crippen LogP contribution in [-0.2, 0) is 34.2 Å². The van der Waals surface area contributed by atoms with Gasteiger partial charge in [0.2, 0.25) is 15.9 Å². The van der Waals surface area contributed by atoms with Crippen molar-refractivity contribution < 1.29 is 27.5 Å². The van der Waals surface area contributed by atoms with Crippen molar-refractivity contribution in [3.63, 3.8) is 0 Å². The molecule has 0 saturated heterocycles. The lowest BCUT2D eigenvalue weighted by Gasteiger charge is -2.13. The number of carboxylic acid groups (broad SMARTS) is 1. The summed E-state index contributed by atoms with van der Waals surface area (Å²) in [7, 11) is -3.66. The molecule has 8 nitrogen and oxygen atoms in total. The lowest BCUT2D eigenvalue weighted by molar-refractivity contribution is -0.136. The second-order valence-electron chi connectivity index (χ2n) is 8.07. The first-order chi connectivity index (χ1) is 17.3. The monoisotopic (exact) mass is 526 g/mol. The second-order valence-corrected chi connectivity index (χ2v) is 11.0. The molecule has 0 fully saturated rings. The number of aromatic nitrogens is 1. The van der Waals surface area contributed by atoms with Crippen LogP contribution < -0.4 is 9.46 Å². The van der Waals surface area contributed by atoms with E-state index in [1.807, 2.05) is 37.3 Å². The van der Waals surface area contributed by atoms with Crippen LogP contribution in [0.25, 0.3) is 11.5 Å². The van der Waals surface area contributed by atoms with Gasteiger partial charge < -0.3 is 14.3 Å². The molecule has 2 aromatic carbocycles. The zero-order valence-corrected chi connectivity index (χ0v) is 21.3. The summed E-state index contributed by atoms with van der Waals surface area (Å²) < 4.78 is 39.7. The number of hydrogen-bond acceptors (Lipinski definition) is 7. The summed E-state index contributed by atoms with van der Waals surface area (Å²) in [4.78, 5) is 15.7. The average molecular weight is 527 g/mol. The number of carboxylic acids is 1. The number of thiophene rings is 1. The molecule has 4 aromatic rings. The van der Waals surface area contributed by atoms with Crippen LogP contribution in [0.1, 0.15) is 29.0 Å². The molecule has 0 atom stereocenters. The number of aryl methyl sites for hydroxylation is 2. The van der Waals surface area contributed by atoms with Gasteiger partial charge in [-0.2, -0.15) is 0 Å². The quantitative estimate of drug-likeness (QED) is 0.271. The van der Waals surface area contributed by atoms with E-state index in [9.17, 15) is 13.2 Å². The molecular formula is C26H26N2O6S2. The third kappa shape index (κ3) is 6.60. The van der Waals surface area contributed by atoms with Crippen molar-refractivity contribution >= 4 is 27.3 Å². The fourth-order valence-electron chi connectivity index (χ4n) is 3.63. The van der Waals surface area contributed by atoms with Crippen LogP contribution in [0.15, 0.2) is 74.7 Å². The Morgan fingerprint density at radius 3 is 2.61 bits per heavy atom. The van der Waals surface area contributed by atoms with Crippen LogP contribution in [0.4, 0.5) is 0 Å². The Morgan fingerprint density at radius 1 is 1.08 bits per heavy atom. The summed E-state index contributed by atoms with van der Waals surface area (Å²) in [6.45, 7) is 2.23. The predicted octanol–water partition coefficient (Wildman–Crippen LogP) is 4.83. The number of benzene rings is 2. The van der Waals surface area contributed by atoms with Gasteiger partial charge in [-0.25, -0.2) is 18.1 Å². The van der Waals surface area contributed by atoms with E-state index in [-0.39, 0.29) is 23.6 Å². The Balaban J connectivity index is 1.43. The molecule has 188 valence electrons. The minimum absolute atomic E-state index is 0.0230. The molecule has 0 spiro atoms. The molecular weight excluding hydrogens is 500 g/mol. The van der Waals surface area contributed by atoms with Crippen molar-refractivity contribution in [2.45, 2.75) is 36.9 Å². The molecule has 0 radical (unpaired) electrons. The Hall–Kier alpha value is -3.47. The van der Waals surface area contributed by atoms with Gasteiger partial charge in [-0.1, -0.05) is 30.3 Å². The van der Waals surface area contributed by atoms with Gasteiger partial charge in [0.05, 0.1) is 12.3 Å². The molecule has 2 N–H and O–H groups in total. The number of nitrogens with one attached hydrogen (secondary N) is 1. The molecule has 0 aliphatic rings. The van der Waals surface area contributed by atoms with Crippen molar-refractivity contribution in [1.82, 2.24) is 9.71 Å².